The minimum Gasteiger partial charge on any atom is -0.332 e. The van der Waals surface area contributed by atoms with Crippen LogP contribution in [0.2, 0.25) is 0 Å². The van der Waals surface area contributed by atoms with Gasteiger partial charge in [-0.15, -0.1) is 5.10 Å². The van der Waals surface area contributed by atoms with Gasteiger partial charge < -0.3 is 9.80 Å². The summed E-state index contributed by atoms with van der Waals surface area (Å²) in [5, 5.41) is 3.80. The van der Waals surface area contributed by atoms with Gasteiger partial charge in [0, 0.05) is 24.4 Å². The molecule has 3 rings (SSSR count). The quantitative estimate of drug-likeness (QED) is 0.501. The van der Waals surface area contributed by atoms with Crippen molar-refractivity contribution in [1.29, 1.82) is 0 Å². The summed E-state index contributed by atoms with van der Waals surface area (Å²) in [5.41, 5.74) is -4.98. The molecule has 32 heavy (non-hydrogen) atoms. The van der Waals surface area contributed by atoms with Gasteiger partial charge in [-0.2, -0.15) is 26.3 Å². The number of alkyl halides is 7. The number of likely N-dealkylation sites (tertiary alicyclic amines) is 1. The molecular formula is C19H18F7N5O. The Morgan fingerprint density at radius 1 is 1.09 bits per heavy atom. The highest BCUT2D eigenvalue weighted by atomic mass is 19.4. The second-order valence-corrected chi connectivity index (χ2v) is 7.74. The van der Waals surface area contributed by atoms with Crippen LogP contribution in [0.1, 0.15) is 11.1 Å². The molecule has 1 aromatic heterocycles. The van der Waals surface area contributed by atoms with E-state index in [9.17, 15) is 35.5 Å². The molecule has 1 saturated heterocycles. The molecule has 1 aliphatic heterocycles. The largest absolute Gasteiger partial charge is 0.416 e. The van der Waals surface area contributed by atoms with E-state index in [1.807, 2.05) is 0 Å². The van der Waals surface area contributed by atoms with E-state index in [1.165, 1.54) is 4.90 Å². The molecule has 0 unspecified atom stereocenters. The summed E-state index contributed by atoms with van der Waals surface area (Å²) in [4.78, 5) is 18.7. The SMILES string of the molecule is CN(C)CC1(F)CN(C(=O)C=Cn2cnc(-c3cc(C(F)(F)F)cc(C(F)(F)F)c3)n2)C1. The molecule has 0 bridgehead atoms. The number of amides is 1. The molecule has 0 spiro atoms. The number of hydrogen-bond donors (Lipinski definition) is 0. The maximum Gasteiger partial charge on any atom is 0.416 e. The lowest BCUT2D eigenvalue weighted by Gasteiger charge is -2.45. The Morgan fingerprint density at radius 2 is 1.66 bits per heavy atom. The first-order valence-corrected chi connectivity index (χ1v) is 9.18. The number of rotatable bonds is 5. The van der Waals surface area contributed by atoms with Gasteiger partial charge in [0.15, 0.2) is 11.5 Å². The Kier molecular flexibility index (Phi) is 6.06. The Balaban J connectivity index is 1.75. The monoisotopic (exact) mass is 465 g/mol. The van der Waals surface area contributed by atoms with E-state index >= 15 is 0 Å². The molecule has 0 aliphatic carbocycles. The van der Waals surface area contributed by atoms with Crippen LogP contribution in [0.4, 0.5) is 30.7 Å². The van der Waals surface area contributed by atoms with Crippen LogP contribution in [0.3, 0.4) is 0 Å². The van der Waals surface area contributed by atoms with Crippen molar-refractivity contribution in [3.63, 3.8) is 0 Å². The fourth-order valence-corrected chi connectivity index (χ4v) is 3.27. The number of carbonyl (C=O) groups is 1. The zero-order chi connectivity index (χ0) is 23.9. The first kappa shape index (κ1) is 23.7. The third-order valence-corrected chi connectivity index (χ3v) is 4.58. The van der Waals surface area contributed by atoms with E-state index in [1.54, 1.807) is 19.0 Å². The highest BCUT2D eigenvalue weighted by molar-refractivity contribution is 5.91. The van der Waals surface area contributed by atoms with Crippen LogP contribution in [0.15, 0.2) is 30.6 Å². The van der Waals surface area contributed by atoms with Gasteiger partial charge in [-0.3, -0.25) is 4.79 Å². The fourth-order valence-electron chi connectivity index (χ4n) is 3.27. The molecule has 0 saturated carbocycles. The molecule has 6 nitrogen and oxygen atoms in total. The minimum atomic E-state index is -5.00. The molecule has 0 N–H and O–H groups in total. The molecule has 2 aromatic rings. The molecule has 0 atom stereocenters. The summed E-state index contributed by atoms with van der Waals surface area (Å²) in [5.74, 6) is -0.913. The second kappa shape index (κ2) is 8.19. The predicted molar refractivity (Wildman–Crippen MR) is 99.8 cm³/mol. The number of nitrogens with zero attached hydrogens (tertiary/aromatic N) is 5. The van der Waals surface area contributed by atoms with E-state index in [0.29, 0.717) is 12.1 Å². The Morgan fingerprint density at radius 3 is 2.16 bits per heavy atom. The van der Waals surface area contributed by atoms with Crippen LogP contribution < -0.4 is 0 Å². The van der Waals surface area contributed by atoms with E-state index in [0.717, 1.165) is 23.3 Å². The lowest BCUT2D eigenvalue weighted by Crippen LogP contribution is -2.64. The van der Waals surface area contributed by atoms with Crippen LogP contribution in [0.25, 0.3) is 17.6 Å². The average Bonchev–Trinajstić information content (AvgIpc) is 3.11. The van der Waals surface area contributed by atoms with Crippen LogP contribution in [-0.4, -0.2) is 69.9 Å². The summed E-state index contributed by atoms with van der Waals surface area (Å²) in [6.45, 7) is -0.0351. The smallest absolute Gasteiger partial charge is 0.332 e. The van der Waals surface area contributed by atoms with Crippen molar-refractivity contribution in [2.24, 2.45) is 0 Å². The van der Waals surface area contributed by atoms with Gasteiger partial charge in [-0.1, -0.05) is 0 Å². The first-order valence-electron chi connectivity index (χ1n) is 9.18. The van der Waals surface area contributed by atoms with Gasteiger partial charge in [-0.05, 0) is 32.3 Å². The highest BCUT2D eigenvalue weighted by Crippen LogP contribution is 2.38. The zero-order valence-corrected chi connectivity index (χ0v) is 16.9. The van der Waals surface area contributed by atoms with E-state index in [2.05, 4.69) is 10.1 Å². The molecule has 1 aromatic carbocycles. The predicted octanol–water partition coefficient (Wildman–Crippen LogP) is 3.57. The van der Waals surface area contributed by atoms with Crippen molar-refractivity contribution in [2.45, 2.75) is 18.0 Å². The summed E-state index contributed by atoms with van der Waals surface area (Å²) >= 11 is 0. The van der Waals surface area contributed by atoms with E-state index < -0.39 is 46.4 Å². The number of hydrogen-bond acceptors (Lipinski definition) is 4. The highest BCUT2D eigenvalue weighted by Gasteiger charge is 2.45. The van der Waals surface area contributed by atoms with E-state index in [-0.39, 0.29) is 25.7 Å². The summed E-state index contributed by atoms with van der Waals surface area (Å²) in [6.07, 6.45) is -6.79. The molecule has 1 amide bonds. The lowest BCUT2D eigenvalue weighted by atomic mass is 9.95. The summed E-state index contributed by atoms with van der Waals surface area (Å²) in [7, 11) is 3.41. The molecule has 0 radical (unpaired) electrons. The number of carbonyl (C=O) groups excluding carboxylic acids is 1. The van der Waals surface area contributed by atoms with Crippen molar-refractivity contribution in [2.75, 3.05) is 33.7 Å². The molecular weight excluding hydrogens is 447 g/mol. The molecule has 13 heteroatoms. The van der Waals surface area contributed by atoms with Gasteiger partial charge in [0.2, 0.25) is 5.91 Å². The zero-order valence-electron chi connectivity index (χ0n) is 16.9. The van der Waals surface area contributed by atoms with Gasteiger partial charge in [0.05, 0.1) is 24.2 Å². The van der Waals surface area contributed by atoms with Crippen LogP contribution in [0.5, 0.6) is 0 Å². The Hall–Kier alpha value is -2.96. The van der Waals surface area contributed by atoms with Crippen LogP contribution in [-0.2, 0) is 17.1 Å². The summed E-state index contributed by atoms with van der Waals surface area (Å²) < 4.78 is 93.3. The second-order valence-electron chi connectivity index (χ2n) is 7.74. The van der Waals surface area contributed by atoms with Gasteiger partial charge >= 0.3 is 12.4 Å². The van der Waals surface area contributed by atoms with E-state index in [4.69, 9.17) is 0 Å². The third-order valence-electron chi connectivity index (χ3n) is 4.58. The number of halogens is 7. The van der Waals surface area contributed by atoms with Gasteiger partial charge in [0.25, 0.3) is 0 Å². The third kappa shape index (κ3) is 5.44. The topological polar surface area (TPSA) is 54.3 Å². The van der Waals surface area contributed by atoms with Gasteiger partial charge in [-0.25, -0.2) is 14.1 Å². The van der Waals surface area contributed by atoms with Crippen molar-refractivity contribution in [3.05, 3.63) is 41.7 Å². The number of aromatic nitrogens is 3. The maximum atomic E-state index is 14.3. The fraction of sp³-hybridized carbons (Fsp3) is 0.421. The maximum absolute atomic E-state index is 14.3. The van der Waals surface area contributed by atoms with Gasteiger partial charge in [0.1, 0.15) is 6.33 Å². The van der Waals surface area contributed by atoms with Crippen molar-refractivity contribution < 1.29 is 35.5 Å². The van der Waals surface area contributed by atoms with Crippen molar-refractivity contribution in [3.8, 4) is 11.4 Å². The first-order chi connectivity index (χ1) is 14.7. The van der Waals surface area contributed by atoms with Crippen molar-refractivity contribution >= 4 is 12.1 Å². The minimum absolute atomic E-state index is 0.00728. The Labute approximate surface area is 177 Å². The number of benzene rings is 1. The lowest BCUT2D eigenvalue weighted by molar-refractivity contribution is -0.143. The van der Waals surface area contributed by atoms with Crippen LogP contribution in [0, 0.1) is 0 Å². The normalized spacial score (nSPS) is 16.6. The molecule has 2 heterocycles. The molecule has 174 valence electrons. The molecule has 1 fully saturated rings. The van der Waals surface area contributed by atoms with Crippen LogP contribution >= 0.6 is 0 Å². The average molecular weight is 465 g/mol. The summed E-state index contributed by atoms with van der Waals surface area (Å²) in [6, 6.07) is 1.03. The standard InChI is InChI=1S/C19H18F7N5O/c1-29(2)8-17(20)9-30(10-17)15(32)3-4-31-11-27-16(28-31)12-5-13(18(21,22)23)7-14(6-12)19(24,25)26/h3-7,11H,8-10H2,1-2H3. The van der Waals surface area contributed by atoms with Crippen molar-refractivity contribution in [1.82, 2.24) is 24.6 Å². The molecule has 1 aliphatic rings. The Bertz CT molecular complexity index is 988.